The Labute approximate surface area is 138 Å². The van der Waals surface area contributed by atoms with E-state index in [2.05, 4.69) is 0 Å². The van der Waals surface area contributed by atoms with E-state index in [9.17, 15) is 32.7 Å². The van der Waals surface area contributed by atoms with Crippen molar-refractivity contribution >= 4 is 22.8 Å². The number of nitrogens with zero attached hydrogens (tertiary/aromatic N) is 1. The van der Waals surface area contributed by atoms with Crippen molar-refractivity contribution in [2.45, 2.75) is 19.1 Å². The van der Waals surface area contributed by atoms with Crippen molar-refractivity contribution < 1.29 is 33.0 Å². The summed E-state index contributed by atoms with van der Waals surface area (Å²) in [6.07, 6.45) is -4.84. The highest BCUT2D eigenvalue weighted by Gasteiger charge is 2.35. The lowest BCUT2D eigenvalue weighted by molar-refractivity contribution is -0.139. The van der Waals surface area contributed by atoms with Gasteiger partial charge in [-0.2, -0.15) is 13.2 Å². The third-order valence-electron chi connectivity index (χ3n) is 3.65. The highest BCUT2D eigenvalue weighted by molar-refractivity contribution is 6.04. The third kappa shape index (κ3) is 3.14. The molecule has 0 saturated heterocycles. The van der Waals surface area contributed by atoms with Crippen molar-refractivity contribution in [2.75, 3.05) is 0 Å². The van der Waals surface area contributed by atoms with Crippen LogP contribution in [0.3, 0.4) is 0 Å². The van der Waals surface area contributed by atoms with Gasteiger partial charge < -0.3 is 20.1 Å². The summed E-state index contributed by atoms with van der Waals surface area (Å²) in [5.41, 5.74) is -3.46. The van der Waals surface area contributed by atoms with E-state index in [4.69, 9.17) is 5.11 Å². The van der Waals surface area contributed by atoms with Crippen LogP contribution < -0.4 is 10.9 Å². The second-order valence-electron chi connectivity index (χ2n) is 5.32. The Morgan fingerprint density at radius 2 is 1.88 bits per heavy atom. The van der Waals surface area contributed by atoms with Crippen LogP contribution in [-0.2, 0) is 18.0 Å². The van der Waals surface area contributed by atoms with Crippen LogP contribution in [0.4, 0.5) is 13.2 Å². The van der Waals surface area contributed by atoms with E-state index in [1.54, 1.807) is 0 Å². The summed E-state index contributed by atoms with van der Waals surface area (Å²) >= 11 is 0. The first-order valence-corrected chi connectivity index (χ1v) is 6.92. The topological polar surface area (TPSA) is 109 Å². The van der Waals surface area contributed by atoms with Crippen LogP contribution in [0.15, 0.2) is 23.0 Å². The van der Waals surface area contributed by atoms with Gasteiger partial charge in [-0.25, -0.2) is 0 Å². The predicted molar refractivity (Wildman–Crippen MR) is 80.4 cm³/mol. The fourth-order valence-electron chi connectivity index (χ4n) is 2.34. The first-order chi connectivity index (χ1) is 11.5. The molecule has 1 aromatic heterocycles. The number of nitrogens with one attached hydrogen (secondary N) is 1. The lowest BCUT2D eigenvalue weighted by atomic mass is 10.0. The van der Waals surface area contributed by atoms with E-state index in [1.165, 1.54) is 6.07 Å². The monoisotopic (exact) mass is 358 g/mol. The van der Waals surface area contributed by atoms with Gasteiger partial charge in [-0.05, 0) is 19.1 Å². The second kappa shape index (κ2) is 6.11. The number of rotatable bonds is 3. The van der Waals surface area contributed by atoms with E-state index >= 15 is 0 Å². The van der Waals surface area contributed by atoms with Gasteiger partial charge >= 0.3 is 12.1 Å². The second-order valence-corrected chi connectivity index (χ2v) is 5.32. The zero-order chi connectivity index (χ0) is 19.1. The fraction of sp³-hybridized carbons (Fsp3) is 0.267. The largest absolute Gasteiger partial charge is 0.506 e. The van der Waals surface area contributed by atoms with E-state index < -0.39 is 51.9 Å². The van der Waals surface area contributed by atoms with Crippen LogP contribution in [-0.4, -0.2) is 32.7 Å². The molecule has 0 unspecified atom stereocenters. The van der Waals surface area contributed by atoms with Crippen LogP contribution in [0.1, 0.15) is 22.8 Å². The summed E-state index contributed by atoms with van der Waals surface area (Å²) in [7, 11) is 1.14. The minimum atomic E-state index is -4.84. The molecular weight excluding hydrogens is 345 g/mol. The molecule has 25 heavy (non-hydrogen) atoms. The maximum atomic E-state index is 13.2. The predicted octanol–water partition coefficient (Wildman–Crippen LogP) is 1.47. The van der Waals surface area contributed by atoms with Crippen molar-refractivity contribution in [3.63, 3.8) is 0 Å². The first-order valence-electron chi connectivity index (χ1n) is 6.92. The molecule has 0 aliphatic carbocycles. The Balaban J connectivity index is 2.81. The summed E-state index contributed by atoms with van der Waals surface area (Å²) < 4.78 is 40.4. The lowest BCUT2D eigenvalue weighted by Crippen LogP contribution is -2.41. The molecule has 2 rings (SSSR count). The average molecular weight is 358 g/mol. The molecule has 0 saturated carbocycles. The van der Waals surface area contributed by atoms with Crippen molar-refractivity contribution in [1.82, 2.24) is 9.88 Å². The number of aromatic nitrogens is 1. The number of pyridine rings is 1. The Hall–Kier alpha value is -3.04. The molecular formula is C15H13F3N2O5. The van der Waals surface area contributed by atoms with Crippen LogP contribution >= 0.6 is 0 Å². The minimum absolute atomic E-state index is 0.222. The van der Waals surface area contributed by atoms with Gasteiger partial charge in [0.05, 0.1) is 16.5 Å². The third-order valence-corrected chi connectivity index (χ3v) is 3.65. The van der Waals surface area contributed by atoms with Gasteiger partial charge in [0.2, 0.25) is 0 Å². The number of amides is 1. The van der Waals surface area contributed by atoms with Crippen molar-refractivity contribution in [2.24, 2.45) is 7.05 Å². The Kier molecular flexibility index (Phi) is 4.47. The number of aryl methyl sites for hydroxylation is 1. The number of carbonyl (C=O) groups is 2. The number of halogens is 3. The van der Waals surface area contributed by atoms with Crippen molar-refractivity contribution in [1.29, 1.82) is 0 Å². The Morgan fingerprint density at radius 3 is 2.40 bits per heavy atom. The van der Waals surface area contributed by atoms with E-state index in [1.807, 2.05) is 5.32 Å². The Bertz CT molecular complexity index is 933. The number of benzene rings is 1. The quantitative estimate of drug-likeness (QED) is 0.770. The number of fused-ring (bicyclic) bond motifs is 1. The SMILES string of the molecule is C[C@H](NC(=O)c1c(O)c2c(C(F)(F)F)cccc2n(C)c1=O)C(=O)O. The van der Waals surface area contributed by atoms with Gasteiger partial charge in [0.1, 0.15) is 17.4 Å². The molecule has 3 N–H and O–H groups in total. The van der Waals surface area contributed by atoms with Gasteiger partial charge in [-0.1, -0.05) is 6.07 Å². The number of aliphatic carboxylic acids is 1. The summed E-state index contributed by atoms with van der Waals surface area (Å²) in [5.74, 6) is -3.85. The molecule has 0 spiro atoms. The Morgan fingerprint density at radius 1 is 1.28 bits per heavy atom. The summed E-state index contributed by atoms with van der Waals surface area (Å²) in [4.78, 5) is 35.2. The molecule has 7 nitrogen and oxygen atoms in total. The molecule has 134 valence electrons. The molecule has 10 heteroatoms. The number of carboxylic acids is 1. The number of hydrogen-bond acceptors (Lipinski definition) is 4. The number of aromatic hydroxyl groups is 1. The van der Waals surface area contributed by atoms with Crippen LogP contribution in [0.25, 0.3) is 10.9 Å². The zero-order valence-corrected chi connectivity index (χ0v) is 13.0. The van der Waals surface area contributed by atoms with E-state index in [0.717, 1.165) is 24.6 Å². The molecule has 1 amide bonds. The molecule has 0 bridgehead atoms. The minimum Gasteiger partial charge on any atom is -0.506 e. The van der Waals surface area contributed by atoms with Crippen LogP contribution in [0.2, 0.25) is 0 Å². The first kappa shape index (κ1) is 18.3. The van der Waals surface area contributed by atoms with Gasteiger partial charge in [-0.15, -0.1) is 0 Å². The standard InChI is InChI=1S/C15H13F3N2O5/c1-6(14(24)25)19-12(22)10-11(21)9-7(15(16,17)18)4-3-5-8(9)20(2)13(10)23/h3-6,21H,1-2H3,(H,19,22)(H,24,25)/t6-/m0/s1. The number of hydrogen-bond donors (Lipinski definition) is 3. The highest BCUT2D eigenvalue weighted by Crippen LogP contribution is 2.39. The molecule has 1 heterocycles. The average Bonchev–Trinajstić information content (AvgIpc) is 2.51. The maximum absolute atomic E-state index is 13.2. The number of alkyl halides is 3. The number of carbonyl (C=O) groups excluding carboxylic acids is 1. The molecule has 1 aromatic carbocycles. The molecule has 0 fully saturated rings. The lowest BCUT2D eigenvalue weighted by Gasteiger charge is -2.17. The molecule has 2 aromatic rings. The normalized spacial score (nSPS) is 12.8. The maximum Gasteiger partial charge on any atom is 0.417 e. The van der Waals surface area contributed by atoms with Crippen molar-refractivity contribution in [3.05, 3.63) is 39.7 Å². The molecule has 0 aliphatic rings. The molecule has 0 radical (unpaired) electrons. The summed E-state index contributed by atoms with van der Waals surface area (Å²) in [5, 5.41) is 20.2. The van der Waals surface area contributed by atoms with Gasteiger partial charge in [0.15, 0.2) is 0 Å². The van der Waals surface area contributed by atoms with Crippen molar-refractivity contribution in [3.8, 4) is 5.75 Å². The zero-order valence-electron chi connectivity index (χ0n) is 13.0. The number of carboxylic acid groups (broad SMARTS) is 1. The van der Waals surface area contributed by atoms with Gasteiger partial charge in [-0.3, -0.25) is 14.4 Å². The van der Waals surface area contributed by atoms with Crippen LogP contribution in [0, 0.1) is 0 Å². The highest BCUT2D eigenvalue weighted by atomic mass is 19.4. The van der Waals surface area contributed by atoms with E-state index in [0.29, 0.717) is 6.07 Å². The smallest absolute Gasteiger partial charge is 0.417 e. The van der Waals surface area contributed by atoms with Gasteiger partial charge in [0, 0.05) is 7.05 Å². The molecule has 0 aliphatic heterocycles. The van der Waals surface area contributed by atoms with E-state index in [-0.39, 0.29) is 5.52 Å². The fourth-order valence-corrected chi connectivity index (χ4v) is 2.34. The summed E-state index contributed by atoms with van der Waals surface area (Å²) in [6, 6.07) is 1.54. The van der Waals surface area contributed by atoms with Crippen LogP contribution in [0.5, 0.6) is 5.75 Å². The summed E-state index contributed by atoms with van der Waals surface area (Å²) in [6.45, 7) is 1.10. The van der Waals surface area contributed by atoms with Gasteiger partial charge in [0.25, 0.3) is 11.5 Å². The molecule has 1 atom stereocenters.